The van der Waals surface area contributed by atoms with Crippen LogP contribution in [-0.2, 0) is 20.9 Å². The molecule has 2 rings (SSSR count). The summed E-state index contributed by atoms with van der Waals surface area (Å²) in [6.07, 6.45) is 1.21. The van der Waals surface area contributed by atoms with Gasteiger partial charge in [-0.1, -0.05) is 6.07 Å². The van der Waals surface area contributed by atoms with Crippen LogP contribution >= 0.6 is 11.3 Å². The number of amides is 3. The predicted octanol–water partition coefficient (Wildman–Crippen LogP) is 0.834. The lowest BCUT2D eigenvalue weighted by atomic mass is 10.2. The van der Waals surface area contributed by atoms with Crippen molar-refractivity contribution in [3.05, 3.63) is 22.4 Å². The van der Waals surface area contributed by atoms with Crippen molar-refractivity contribution in [2.24, 2.45) is 0 Å². The Bertz CT molecular complexity index is 542. The SMILES string of the molecule is CN(C)C(=O)CCNC(=O)[C@H]1CCC(=O)N1Cc1cccs1. The number of thiophene rings is 1. The second-order valence-corrected chi connectivity index (χ2v) is 6.52. The molecule has 0 aromatic carbocycles. The molecule has 1 aliphatic rings. The van der Waals surface area contributed by atoms with Crippen LogP contribution in [0.4, 0.5) is 0 Å². The van der Waals surface area contributed by atoms with Crippen LogP contribution in [0.3, 0.4) is 0 Å². The lowest BCUT2D eigenvalue weighted by Gasteiger charge is -2.23. The van der Waals surface area contributed by atoms with Crippen molar-refractivity contribution in [3.8, 4) is 0 Å². The summed E-state index contributed by atoms with van der Waals surface area (Å²) in [6.45, 7) is 0.776. The first kappa shape index (κ1) is 16.5. The molecule has 1 aromatic rings. The number of rotatable bonds is 6. The van der Waals surface area contributed by atoms with Gasteiger partial charge < -0.3 is 15.1 Å². The second-order valence-electron chi connectivity index (χ2n) is 5.48. The molecule has 1 N–H and O–H groups in total. The highest BCUT2D eigenvalue weighted by atomic mass is 32.1. The molecule has 7 heteroatoms. The predicted molar refractivity (Wildman–Crippen MR) is 84.2 cm³/mol. The van der Waals surface area contributed by atoms with Crippen molar-refractivity contribution in [1.82, 2.24) is 15.1 Å². The fourth-order valence-corrected chi connectivity index (χ4v) is 3.11. The van der Waals surface area contributed by atoms with Gasteiger partial charge in [-0.25, -0.2) is 0 Å². The van der Waals surface area contributed by atoms with Gasteiger partial charge >= 0.3 is 0 Å². The molecule has 120 valence electrons. The van der Waals surface area contributed by atoms with E-state index in [9.17, 15) is 14.4 Å². The topological polar surface area (TPSA) is 69.7 Å². The summed E-state index contributed by atoms with van der Waals surface area (Å²) in [5.74, 6) is -0.190. The summed E-state index contributed by atoms with van der Waals surface area (Å²) < 4.78 is 0. The second kappa shape index (κ2) is 7.40. The molecule has 2 heterocycles. The molecule has 0 saturated carbocycles. The molecule has 0 aliphatic carbocycles. The molecule has 0 spiro atoms. The molecular weight excluding hydrogens is 302 g/mol. The van der Waals surface area contributed by atoms with Crippen molar-refractivity contribution in [1.29, 1.82) is 0 Å². The monoisotopic (exact) mass is 323 g/mol. The van der Waals surface area contributed by atoms with Gasteiger partial charge in [0.25, 0.3) is 0 Å². The maximum Gasteiger partial charge on any atom is 0.242 e. The summed E-state index contributed by atoms with van der Waals surface area (Å²) >= 11 is 1.57. The third-order valence-electron chi connectivity index (χ3n) is 3.67. The van der Waals surface area contributed by atoms with Gasteiger partial charge in [-0.2, -0.15) is 0 Å². The van der Waals surface area contributed by atoms with Crippen LogP contribution in [0.5, 0.6) is 0 Å². The van der Waals surface area contributed by atoms with E-state index in [0.717, 1.165) is 4.88 Å². The quantitative estimate of drug-likeness (QED) is 0.843. The fraction of sp³-hybridized carbons (Fsp3) is 0.533. The Labute approximate surface area is 134 Å². The Morgan fingerprint density at radius 3 is 2.86 bits per heavy atom. The Morgan fingerprint density at radius 1 is 1.45 bits per heavy atom. The van der Waals surface area contributed by atoms with Gasteiger partial charge in [0, 0.05) is 38.4 Å². The molecule has 1 aliphatic heterocycles. The number of nitrogens with zero attached hydrogens (tertiary/aromatic N) is 2. The highest BCUT2D eigenvalue weighted by molar-refractivity contribution is 7.09. The van der Waals surface area contributed by atoms with Crippen molar-refractivity contribution in [3.63, 3.8) is 0 Å². The molecule has 1 fully saturated rings. The van der Waals surface area contributed by atoms with Crippen molar-refractivity contribution in [2.45, 2.75) is 31.8 Å². The van der Waals surface area contributed by atoms with Crippen LogP contribution in [0.15, 0.2) is 17.5 Å². The van der Waals surface area contributed by atoms with E-state index in [1.54, 1.807) is 30.3 Å². The van der Waals surface area contributed by atoms with Crippen LogP contribution in [-0.4, -0.2) is 54.2 Å². The van der Waals surface area contributed by atoms with E-state index >= 15 is 0 Å². The highest BCUT2D eigenvalue weighted by Gasteiger charge is 2.35. The molecule has 1 atom stereocenters. The molecule has 6 nitrogen and oxygen atoms in total. The molecule has 22 heavy (non-hydrogen) atoms. The van der Waals surface area contributed by atoms with Gasteiger partial charge in [-0.05, 0) is 17.9 Å². The summed E-state index contributed by atoms with van der Waals surface area (Å²) in [4.78, 5) is 39.9. The van der Waals surface area contributed by atoms with Crippen molar-refractivity contribution < 1.29 is 14.4 Å². The van der Waals surface area contributed by atoms with E-state index in [2.05, 4.69) is 5.32 Å². The van der Waals surface area contributed by atoms with Crippen LogP contribution < -0.4 is 5.32 Å². The van der Waals surface area contributed by atoms with Crippen LogP contribution in [0.25, 0.3) is 0 Å². The van der Waals surface area contributed by atoms with Gasteiger partial charge in [0.1, 0.15) is 6.04 Å². The first-order valence-corrected chi connectivity index (χ1v) is 8.16. The number of carbonyl (C=O) groups is 3. The summed E-state index contributed by atoms with van der Waals surface area (Å²) in [6, 6.07) is 3.47. The maximum absolute atomic E-state index is 12.3. The van der Waals surface area contributed by atoms with E-state index in [-0.39, 0.29) is 24.1 Å². The fourth-order valence-electron chi connectivity index (χ4n) is 2.41. The summed E-state index contributed by atoms with van der Waals surface area (Å²) in [5, 5.41) is 4.72. The Hall–Kier alpha value is -1.89. The van der Waals surface area contributed by atoms with Gasteiger partial charge in [-0.3, -0.25) is 14.4 Å². The van der Waals surface area contributed by atoms with E-state index in [0.29, 0.717) is 25.9 Å². The number of likely N-dealkylation sites (tertiary alicyclic amines) is 1. The Kier molecular flexibility index (Phi) is 5.54. The zero-order chi connectivity index (χ0) is 16.1. The van der Waals surface area contributed by atoms with Gasteiger partial charge in [0.2, 0.25) is 17.7 Å². The number of hydrogen-bond acceptors (Lipinski definition) is 4. The minimum Gasteiger partial charge on any atom is -0.354 e. The third kappa shape index (κ3) is 4.07. The lowest BCUT2D eigenvalue weighted by molar-refractivity contribution is -0.136. The van der Waals surface area contributed by atoms with Crippen LogP contribution in [0, 0.1) is 0 Å². The zero-order valence-corrected chi connectivity index (χ0v) is 13.7. The minimum absolute atomic E-state index is 0.0120. The lowest BCUT2D eigenvalue weighted by Crippen LogP contribution is -2.45. The van der Waals surface area contributed by atoms with Crippen molar-refractivity contribution >= 4 is 29.1 Å². The number of nitrogens with one attached hydrogen (secondary N) is 1. The zero-order valence-electron chi connectivity index (χ0n) is 12.9. The molecule has 1 saturated heterocycles. The standard InChI is InChI=1S/C15H21N3O3S/c1-17(2)13(19)7-8-16-15(21)12-5-6-14(20)18(12)10-11-4-3-9-22-11/h3-4,9,12H,5-8,10H2,1-2H3,(H,16,21)/t12-/m1/s1. The minimum atomic E-state index is -0.427. The third-order valence-corrected chi connectivity index (χ3v) is 4.54. The van der Waals surface area contributed by atoms with E-state index in [1.165, 1.54) is 4.90 Å². The molecular formula is C15H21N3O3S. The maximum atomic E-state index is 12.3. The normalized spacial score (nSPS) is 17.6. The summed E-state index contributed by atoms with van der Waals surface area (Å²) in [5.41, 5.74) is 0. The first-order chi connectivity index (χ1) is 10.5. The molecule has 0 radical (unpaired) electrons. The summed E-state index contributed by atoms with van der Waals surface area (Å²) in [7, 11) is 3.37. The molecule has 3 amide bonds. The number of hydrogen-bond donors (Lipinski definition) is 1. The number of carbonyl (C=O) groups excluding carboxylic acids is 3. The highest BCUT2D eigenvalue weighted by Crippen LogP contribution is 2.23. The van der Waals surface area contributed by atoms with Crippen molar-refractivity contribution in [2.75, 3.05) is 20.6 Å². The Morgan fingerprint density at radius 2 is 2.23 bits per heavy atom. The van der Waals surface area contributed by atoms with Gasteiger partial charge in [-0.15, -0.1) is 11.3 Å². The van der Waals surface area contributed by atoms with E-state index < -0.39 is 6.04 Å². The Balaban J connectivity index is 1.87. The molecule has 0 bridgehead atoms. The van der Waals surface area contributed by atoms with Gasteiger partial charge in [0.05, 0.1) is 6.54 Å². The van der Waals surface area contributed by atoms with Crippen LogP contribution in [0.2, 0.25) is 0 Å². The first-order valence-electron chi connectivity index (χ1n) is 7.28. The van der Waals surface area contributed by atoms with E-state index in [4.69, 9.17) is 0 Å². The molecule has 1 aromatic heterocycles. The molecule has 0 unspecified atom stereocenters. The average Bonchev–Trinajstić information content (AvgIpc) is 3.10. The average molecular weight is 323 g/mol. The largest absolute Gasteiger partial charge is 0.354 e. The smallest absolute Gasteiger partial charge is 0.242 e. The van der Waals surface area contributed by atoms with Gasteiger partial charge in [0.15, 0.2) is 0 Å². The van der Waals surface area contributed by atoms with E-state index in [1.807, 2.05) is 17.5 Å². The van der Waals surface area contributed by atoms with Crippen LogP contribution in [0.1, 0.15) is 24.1 Å².